The van der Waals surface area contributed by atoms with Crippen LogP contribution in [0.15, 0.2) is 4.99 Å². The zero-order valence-electron chi connectivity index (χ0n) is 6.67. The largest absolute Gasteiger partial charge is 0.340 e. The number of carbonyl (C=O) groups is 2. The summed E-state index contributed by atoms with van der Waals surface area (Å²) in [7, 11) is 0. The lowest BCUT2D eigenvalue weighted by Crippen LogP contribution is -2.43. The number of ketones is 1. The van der Waals surface area contributed by atoms with Gasteiger partial charge in [-0.25, -0.2) is 9.79 Å². The van der Waals surface area contributed by atoms with Crippen molar-refractivity contribution >= 4 is 17.5 Å². The lowest BCUT2D eigenvalue weighted by atomic mass is 9.85. The van der Waals surface area contributed by atoms with E-state index in [1.54, 1.807) is 0 Å². The maximum Gasteiger partial charge on any atom is 0.340 e. The van der Waals surface area contributed by atoms with Gasteiger partial charge < -0.3 is 5.32 Å². The van der Waals surface area contributed by atoms with E-state index < -0.39 is 0 Å². The van der Waals surface area contributed by atoms with E-state index in [-0.39, 0.29) is 17.7 Å². The number of urea groups is 1. The first-order chi connectivity index (χ1) is 5.77. The molecule has 1 unspecified atom stereocenters. The normalized spacial score (nSPS) is 29.0. The van der Waals surface area contributed by atoms with E-state index >= 15 is 0 Å². The smallest absolute Gasteiger partial charge is 0.335 e. The Morgan fingerprint density at radius 1 is 1.33 bits per heavy atom. The van der Waals surface area contributed by atoms with Gasteiger partial charge in [-0.2, -0.15) is 0 Å². The van der Waals surface area contributed by atoms with Crippen LogP contribution in [0.4, 0.5) is 4.79 Å². The van der Waals surface area contributed by atoms with Gasteiger partial charge in [-0.3, -0.25) is 4.79 Å². The third-order valence-corrected chi connectivity index (χ3v) is 2.35. The van der Waals surface area contributed by atoms with Crippen LogP contribution in [0.1, 0.15) is 19.3 Å². The minimum Gasteiger partial charge on any atom is -0.335 e. The maximum atomic E-state index is 11.3. The number of hydrogen-bond acceptors (Lipinski definition) is 2. The van der Waals surface area contributed by atoms with Crippen molar-refractivity contribution in [2.75, 3.05) is 6.54 Å². The van der Waals surface area contributed by atoms with Gasteiger partial charge in [0.15, 0.2) is 0 Å². The monoisotopic (exact) mass is 166 g/mol. The van der Waals surface area contributed by atoms with Crippen molar-refractivity contribution < 1.29 is 9.59 Å². The Hall–Kier alpha value is -1.19. The van der Waals surface area contributed by atoms with E-state index in [9.17, 15) is 9.59 Å². The van der Waals surface area contributed by atoms with Gasteiger partial charge in [0, 0.05) is 18.7 Å². The summed E-state index contributed by atoms with van der Waals surface area (Å²) in [5, 5.41) is 2.56. The average molecular weight is 166 g/mol. The van der Waals surface area contributed by atoms with Crippen LogP contribution >= 0.6 is 0 Å². The number of carbonyl (C=O) groups excluding carboxylic acids is 2. The van der Waals surface area contributed by atoms with E-state index in [1.807, 2.05) is 0 Å². The third kappa shape index (κ3) is 1.13. The number of aliphatic imine (C=N–C) groups is 1. The molecule has 2 amide bonds. The highest BCUT2D eigenvalue weighted by atomic mass is 16.2. The highest BCUT2D eigenvalue weighted by Crippen LogP contribution is 2.20. The second-order valence-corrected chi connectivity index (χ2v) is 3.16. The predicted molar refractivity (Wildman–Crippen MR) is 43.2 cm³/mol. The first kappa shape index (κ1) is 7.46. The quantitative estimate of drug-likeness (QED) is 0.570. The zero-order valence-corrected chi connectivity index (χ0v) is 6.67. The highest BCUT2D eigenvalue weighted by Gasteiger charge is 2.31. The van der Waals surface area contributed by atoms with Gasteiger partial charge in [0.1, 0.15) is 5.78 Å². The molecule has 1 heterocycles. The summed E-state index contributed by atoms with van der Waals surface area (Å²) in [5.74, 6) is 0.108. The Morgan fingerprint density at radius 3 is 3.00 bits per heavy atom. The molecule has 0 aromatic carbocycles. The Morgan fingerprint density at radius 2 is 2.17 bits per heavy atom. The fourth-order valence-corrected chi connectivity index (χ4v) is 1.70. The van der Waals surface area contributed by atoms with Crippen LogP contribution in [0.3, 0.4) is 0 Å². The molecule has 1 N–H and O–H groups in total. The van der Waals surface area contributed by atoms with Gasteiger partial charge in [0.05, 0.1) is 5.92 Å². The van der Waals surface area contributed by atoms with Crippen LogP contribution in [0.5, 0.6) is 0 Å². The van der Waals surface area contributed by atoms with Crippen LogP contribution in [0, 0.1) is 5.92 Å². The number of rotatable bonds is 0. The van der Waals surface area contributed by atoms with Crippen LogP contribution in [0.25, 0.3) is 0 Å². The first-order valence-corrected chi connectivity index (χ1v) is 4.15. The number of hydrogen-bond donors (Lipinski definition) is 1. The highest BCUT2D eigenvalue weighted by molar-refractivity contribution is 6.12. The molecule has 0 spiro atoms. The molecule has 0 aromatic rings. The summed E-state index contributed by atoms with van der Waals surface area (Å²) in [5.41, 5.74) is 0.787. The lowest BCUT2D eigenvalue weighted by molar-refractivity contribution is -0.121. The predicted octanol–water partition coefficient (Wildman–Crippen LogP) is 0.520. The van der Waals surface area contributed by atoms with E-state index in [2.05, 4.69) is 10.3 Å². The van der Waals surface area contributed by atoms with Gasteiger partial charge in [-0.05, 0) is 12.8 Å². The Bertz CT molecular complexity index is 270. The van der Waals surface area contributed by atoms with Gasteiger partial charge in [-0.15, -0.1) is 0 Å². The van der Waals surface area contributed by atoms with Crippen molar-refractivity contribution in [3.63, 3.8) is 0 Å². The van der Waals surface area contributed by atoms with Gasteiger partial charge in [-0.1, -0.05) is 0 Å². The minimum absolute atomic E-state index is 0.114. The van der Waals surface area contributed by atoms with E-state index in [4.69, 9.17) is 0 Å². The van der Waals surface area contributed by atoms with Crippen LogP contribution in [0.2, 0.25) is 0 Å². The lowest BCUT2D eigenvalue weighted by Gasteiger charge is -2.25. The summed E-state index contributed by atoms with van der Waals surface area (Å²) in [4.78, 5) is 25.9. The minimum atomic E-state index is -0.295. The molecule has 0 bridgehead atoms. The Labute approximate surface area is 70.1 Å². The van der Waals surface area contributed by atoms with E-state index in [1.165, 1.54) is 0 Å². The molecule has 2 rings (SSSR count). The van der Waals surface area contributed by atoms with Crippen LogP contribution < -0.4 is 5.32 Å². The molecule has 12 heavy (non-hydrogen) atoms. The zero-order chi connectivity index (χ0) is 8.55. The first-order valence-electron chi connectivity index (χ1n) is 4.15. The molecular weight excluding hydrogens is 156 g/mol. The molecular formula is C8H10N2O2. The fraction of sp³-hybridized carbons (Fsp3) is 0.625. The topological polar surface area (TPSA) is 58.5 Å². The van der Waals surface area contributed by atoms with Gasteiger partial charge in [0.25, 0.3) is 0 Å². The van der Waals surface area contributed by atoms with Crippen LogP contribution in [-0.4, -0.2) is 24.1 Å². The summed E-state index contributed by atoms with van der Waals surface area (Å²) in [6.07, 6.45) is 2.30. The summed E-state index contributed by atoms with van der Waals surface area (Å²) >= 11 is 0. The Kier molecular flexibility index (Phi) is 1.67. The van der Waals surface area contributed by atoms with Crippen molar-refractivity contribution in [1.29, 1.82) is 0 Å². The molecule has 1 aliphatic carbocycles. The van der Waals surface area contributed by atoms with Crippen molar-refractivity contribution in [3.05, 3.63) is 0 Å². The number of fused-ring (bicyclic) bond motifs is 1. The van der Waals surface area contributed by atoms with Crippen molar-refractivity contribution in [3.8, 4) is 0 Å². The average Bonchev–Trinajstić information content (AvgIpc) is 2.04. The fourth-order valence-electron chi connectivity index (χ4n) is 1.70. The molecule has 1 atom stereocenters. The molecule has 1 fully saturated rings. The number of amides is 2. The van der Waals surface area contributed by atoms with E-state index in [0.29, 0.717) is 13.0 Å². The second-order valence-electron chi connectivity index (χ2n) is 3.16. The van der Waals surface area contributed by atoms with E-state index in [0.717, 1.165) is 18.6 Å². The molecule has 0 saturated heterocycles. The number of nitrogens with one attached hydrogen (secondary N) is 1. The maximum absolute atomic E-state index is 11.3. The molecule has 1 saturated carbocycles. The molecule has 0 radical (unpaired) electrons. The summed E-state index contributed by atoms with van der Waals surface area (Å²) < 4.78 is 0. The third-order valence-electron chi connectivity index (χ3n) is 2.35. The standard InChI is InChI=1S/C8H10N2O2/c11-7-3-1-2-6-5(7)4-9-8(12)10-6/h5H,1-4H2,(H,9,12). The molecule has 1 aliphatic heterocycles. The molecule has 4 nitrogen and oxygen atoms in total. The van der Waals surface area contributed by atoms with Crippen LogP contribution in [-0.2, 0) is 4.79 Å². The van der Waals surface area contributed by atoms with Gasteiger partial charge >= 0.3 is 6.03 Å². The number of Topliss-reactive ketones (excluding diaryl/α,β-unsaturated/α-hetero) is 1. The molecule has 0 aromatic heterocycles. The number of nitrogens with zero attached hydrogens (tertiary/aromatic N) is 1. The Balaban J connectivity index is 2.26. The second kappa shape index (κ2) is 2.69. The van der Waals surface area contributed by atoms with Crippen molar-refractivity contribution in [2.24, 2.45) is 10.9 Å². The molecule has 64 valence electrons. The SMILES string of the molecule is O=C1N=C2CCCC(=O)C2CN1. The molecule has 2 aliphatic rings. The van der Waals surface area contributed by atoms with Crippen molar-refractivity contribution in [1.82, 2.24) is 5.32 Å². The van der Waals surface area contributed by atoms with Gasteiger partial charge in [0.2, 0.25) is 0 Å². The van der Waals surface area contributed by atoms with Crippen molar-refractivity contribution in [2.45, 2.75) is 19.3 Å². The summed E-state index contributed by atoms with van der Waals surface area (Å²) in [6.45, 7) is 0.455. The molecule has 4 heteroatoms. The summed E-state index contributed by atoms with van der Waals surface area (Å²) in [6, 6.07) is -0.295.